The summed E-state index contributed by atoms with van der Waals surface area (Å²) in [5.74, 6) is 2.07. The smallest absolute Gasteiger partial charge is 0.237 e. The molecule has 1 saturated heterocycles. The molecule has 1 fully saturated rings. The zero-order valence-electron chi connectivity index (χ0n) is 16.7. The second kappa shape index (κ2) is 7.76. The number of benzene rings is 1. The molecule has 0 bridgehead atoms. The number of likely N-dealkylation sites (tertiary alicyclic amines) is 1. The lowest BCUT2D eigenvalue weighted by Crippen LogP contribution is -2.40. The summed E-state index contributed by atoms with van der Waals surface area (Å²) in [6.45, 7) is 1.07. The Morgan fingerprint density at radius 2 is 2.07 bits per heavy atom. The molecule has 0 radical (unpaired) electrons. The number of fused-ring (bicyclic) bond motifs is 1. The van der Waals surface area contributed by atoms with Gasteiger partial charge in [0, 0.05) is 35.7 Å². The van der Waals surface area contributed by atoms with Gasteiger partial charge in [-0.05, 0) is 68.8 Å². The van der Waals surface area contributed by atoms with Crippen molar-refractivity contribution < 1.29 is 9.84 Å². The van der Waals surface area contributed by atoms with Crippen LogP contribution in [0.3, 0.4) is 0 Å². The van der Waals surface area contributed by atoms with E-state index in [-0.39, 0.29) is 12.1 Å². The van der Waals surface area contributed by atoms with Crippen LogP contribution in [-0.2, 0) is 0 Å². The molecule has 0 spiro atoms. The third-order valence-electron chi connectivity index (χ3n) is 5.54. The van der Waals surface area contributed by atoms with E-state index in [2.05, 4.69) is 31.9 Å². The summed E-state index contributed by atoms with van der Waals surface area (Å²) < 4.78 is 6.13. The largest absolute Gasteiger partial charge is 0.492 e. The second-order valence-corrected chi connectivity index (χ2v) is 7.63. The maximum atomic E-state index is 10.3. The lowest BCUT2D eigenvalue weighted by Gasteiger charge is -2.32. The molecule has 30 heavy (non-hydrogen) atoms. The zero-order chi connectivity index (χ0) is 20.5. The summed E-state index contributed by atoms with van der Waals surface area (Å²) in [4.78, 5) is 18.3. The van der Waals surface area contributed by atoms with Crippen molar-refractivity contribution in [2.75, 3.05) is 13.6 Å². The van der Waals surface area contributed by atoms with E-state index < -0.39 is 0 Å². The number of hydrogen-bond acceptors (Lipinski definition) is 6. The van der Waals surface area contributed by atoms with Gasteiger partial charge in [0.2, 0.25) is 5.88 Å². The van der Waals surface area contributed by atoms with Gasteiger partial charge in [-0.25, -0.2) is 9.98 Å². The van der Waals surface area contributed by atoms with Crippen molar-refractivity contribution in [3.05, 3.63) is 53.9 Å². The van der Waals surface area contributed by atoms with Crippen molar-refractivity contribution in [3.63, 3.8) is 0 Å². The molecule has 1 atom stereocenters. The van der Waals surface area contributed by atoms with E-state index in [1.165, 1.54) is 12.8 Å². The Morgan fingerprint density at radius 3 is 2.90 bits per heavy atom. The predicted molar refractivity (Wildman–Crippen MR) is 117 cm³/mol. The monoisotopic (exact) mass is 401 g/mol. The molecule has 1 aromatic carbocycles. The number of piperidine rings is 1. The predicted octanol–water partition coefficient (Wildman–Crippen LogP) is 4.25. The van der Waals surface area contributed by atoms with E-state index in [0.717, 1.165) is 35.4 Å². The SMILES string of the molecule is CN1CCCCC1Oc1ccc(-c2nc(O)c(C=C3C=Nc4ncccc43)[nH]2)cc1. The van der Waals surface area contributed by atoms with Gasteiger partial charge in [0.15, 0.2) is 12.0 Å². The Morgan fingerprint density at radius 1 is 1.20 bits per heavy atom. The van der Waals surface area contributed by atoms with Crippen LogP contribution in [0.1, 0.15) is 30.5 Å². The van der Waals surface area contributed by atoms with Crippen LogP contribution >= 0.6 is 0 Å². The Bertz CT molecular complexity index is 1120. The summed E-state index contributed by atoms with van der Waals surface area (Å²) in [7, 11) is 2.10. The number of nitrogens with zero attached hydrogens (tertiary/aromatic N) is 4. The fraction of sp³-hybridized carbons (Fsp3) is 0.261. The molecule has 2 aliphatic heterocycles. The molecular weight excluding hydrogens is 378 g/mol. The minimum atomic E-state index is -0.0487. The van der Waals surface area contributed by atoms with E-state index in [1.54, 1.807) is 12.4 Å². The Hall–Kier alpha value is -3.45. The van der Waals surface area contributed by atoms with E-state index in [1.807, 2.05) is 42.5 Å². The van der Waals surface area contributed by atoms with Crippen LogP contribution in [0.4, 0.5) is 5.82 Å². The molecule has 3 aromatic rings. The average Bonchev–Trinajstić information content (AvgIpc) is 3.34. The van der Waals surface area contributed by atoms with Crippen LogP contribution in [0.15, 0.2) is 47.6 Å². The summed E-state index contributed by atoms with van der Waals surface area (Å²) in [6, 6.07) is 11.6. The number of aromatic amines is 1. The highest BCUT2D eigenvalue weighted by atomic mass is 16.5. The molecule has 2 N–H and O–H groups in total. The van der Waals surface area contributed by atoms with Gasteiger partial charge >= 0.3 is 0 Å². The molecule has 7 nitrogen and oxygen atoms in total. The lowest BCUT2D eigenvalue weighted by molar-refractivity contribution is 0.0151. The molecule has 5 rings (SSSR count). The van der Waals surface area contributed by atoms with Crippen molar-refractivity contribution >= 4 is 23.7 Å². The number of allylic oxidation sites excluding steroid dienone is 1. The normalized spacial score (nSPS) is 19.9. The molecule has 2 aliphatic rings. The first-order chi connectivity index (χ1) is 14.7. The van der Waals surface area contributed by atoms with Crippen LogP contribution in [0.2, 0.25) is 0 Å². The number of imidazole rings is 1. The fourth-order valence-electron chi connectivity index (χ4n) is 3.85. The quantitative estimate of drug-likeness (QED) is 0.682. The Kier molecular flexibility index (Phi) is 4.80. The number of H-pyrrole nitrogens is 1. The third kappa shape index (κ3) is 3.59. The van der Waals surface area contributed by atoms with Gasteiger partial charge < -0.3 is 14.8 Å². The topological polar surface area (TPSA) is 86.6 Å². The first kappa shape index (κ1) is 18.6. The molecule has 7 heteroatoms. The molecule has 0 amide bonds. The van der Waals surface area contributed by atoms with Crippen LogP contribution in [0.25, 0.3) is 23.0 Å². The molecule has 152 valence electrons. The molecule has 0 saturated carbocycles. The summed E-state index contributed by atoms with van der Waals surface area (Å²) in [6.07, 6.45) is 8.88. The number of rotatable bonds is 4. The number of aliphatic imine (C=N–C) groups is 1. The van der Waals surface area contributed by atoms with Gasteiger partial charge in [0.05, 0.1) is 0 Å². The van der Waals surface area contributed by atoms with Gasteiger partial charge in [-0.1, -0.05) is 0 Å². The minimum Gasteiger partial charge on any atom is -0.492 e. The minimum absolute atomic E-state index is 0.0487. The van der Waals surface area contributed by atoms with Gasteiger partial charge in [-0.3, -0.25) is 4.90 Å². The van der Waals surface area contributed by atoms with E-state index in [4.69, 9.17) is 4.74 Å². The highest BCUT2D eigenvalue weighted by Gasteiger charge is 2.20. The van der Waals surface area contributed by atoms with Crippen molar-refractivity contribution in [1.82, 2.24) is 19.9 Å². The highest BCUT2D eigenvalue weighted by molar-refractivity contribution is 6.20. The van der Waals surface area contributed by atoms with Crippen LogP contribution in [-0.4, -0.2) is 51.0 Å². The summed E-state index contributed by atoms with van der Waals surface area (Å²) in [5.41, 5.74) is 3.22. The van der Waals surface area contributed by atoms with E-state index in [9.17, 15) is 5.11 Å². The molecule has 4 heterocycles. The Balaban J connectivity index is 1.35. The number of nitrogens with one attached hydrogen (secondary N) is 1. The number of pyridine rings is 1. The van der Waals surface area contributed by atoms with Crippen molar-refractivity contribution in [1.29, 1.82) is 0 Å². The van der Waals surface area contributed by atoms with Gasteiger partial charge in [0.25, 0.3) is 0 Å². The first-order valence-corrected chi connectivity index (χ1v) is 10.1. The maximum absolute atomic E-state index is 10.3. The number of hydrogen-bond donors (Lipinski definition) is 2. The van der Waals surface area contributed by atoms with E-state index >= 15 is 0 Å². The molecular formula is C23H23N5O2. The zero-order valence-corrected chi connectivity index (χ0v) is 16.7. The summed E-state index contributed by atoms with van der Waals surface area (Å²) in [5, 5.41) is 10.3. The van der Waals surface area contributed by atoms with Crippen LogP contribution in [0.5, 0.6) is 11.6 Å². The van der Waals surface area contributed by atoms with Gasteiger partial charge in [-0.15, -0.1) is 0 Å². The number of aromatic hydroxyl groups is 1. The Labute approximate surface area is 174 Å². The standard InChI is InChI=1S/C23H23N5O2/c1-28-12-3-2-6-20(28)30-17-9-7-15(8-10-17)21-26-19(23(29)27-21)13-16-14-25-22-18(16)5-4-11-24-22/h4-5,7-11,13-14,20,29H,2-3,6,12H2,1H3,(H,26,27). The van der Waals surface area contributed by atoms with Crippen molar-refractivity contribution in [3.8, 4) is 23.0 Å². The summed E-state index contributed by atoms with van der Waals surface area (Å²) >= 11 is 0. The second-order valence-electron chi connectivity index (χ2n) is 7.63. The first-order valence-electron chi connectivity index (χ1n) is 10.1. The molecule has 2 aromatic heterocycles. The fourth-order valence-corrected chi connectivity index (χ4v) is 3.85. The van der Waals surface area contributed by atoms with Gasteiger partial charge in [0.1, 0.15) is 17.3 Å². The van der Waals surface area contributed by atoms with E-state index in [0.29, 0.717) is 17.3 Å². The average molecular weight is 401 g/mol. The lowest BCUT2D eigenvalue weighted by atomic mass is 10.1. The maximum Gasteiger partial charge on any atom is 0.237 e. The van der Waals surface area contributed by atoms with Crippen molar-refractivity contribution in [2.24, 2.45) is 4.99 Å². The van der Waals surface area contributed by atoms with Crippen molar-refractivity contribution in [2.45, 2.75) is 25.5 Å². The third-order valence-corrected chi connectivity index (χ3v) is 5.54. The van der Waals surface area contributed by atoms with Crippen LogP contribution in [0, 0.1) is 0 Å². The number of ether oxygens (including phenoxy) is 1. The number of aromatic nitrogens is 3. The van der Waals surface area contributed by atoms with Gasteiger partial charge in [-0.2, -0.15) is 4.98 Å². The van der Waals surface area contributed by atoms with Crippen LogP contribution < -0.4 is 4.74 Å². The molecule has 1 unspecified atom stereocenters. The highest BCUT2D eigenvalue weighted by Crippen LogP contribution is 2.32. The molecule has 0 aliphatic carbocycles.